The summed E-state index contributed by atoms with van der Waals surface area (Å²) in [6.45, 7) is 0. The Kier molecular flexibility index (Phi) is 3.85. The maximum atomic E-state index is 13.9. The number of Topliss-reactive ketones (excluding diaryl/α,β-unsaturated/α-hetero) is 1. The molecule has 98 valence electrons. The van der Waals surface area contributed by atoms with E-state index in [1.165, 1.54) is 31.5 Å². The van der Waals surface area contributed by atoms with Crippen LogP contribution in [0.3, 0.4) is 0 Å². The molecule has 0 atom stereocenters. The first kappa shape index (κ1) is 13.1. The largest absolute Gasteiger partial charge is 0.494 e. The lowest BCUT2D eigenvalue weighted by Gasteiger charge is -2.06. The summed E-state index contributed by atoms with van der Waals surface area (Å²) >= 11 is 0. The quantitative estimate of drug-likeness (QED) is 0.796. The number of halogens is 2. The molecular formula is C14H11F2NO2. The number of benzene rings is 1. The Bertz CT molecular complexity index is 614. The molecule has 5 heteroatoms. The van der Waals surface area contributed by atoms with E-state index >= 15 is 0 Å². The second kappa shape index (κ2) is 5.56. The monoisotopic (exact) mass is 263 g/mol. The van der Waals surface area contributed by atoms with Crippen molar-refractivity contribution in [1.82, 2.24) is 4.98 Å². The van der Waals surface area contributed by atoms with Crippen molar-refractivity contribution in [2.45, 2.75) is 6.42 Å². The van der Waals surface area contributed by atoms with Crippen LogP contribution in [0, 0.1) is 11.6 Å². The van der Waals surface area contributed by atoms with Gasteiger partial charge in [0.2, 0.25) is 0 Å². The van der Waals surface area contributed by atoms with Crippen molar-refractivity contribution in [3.05, 3.63) is 59.4 Å². The molecule has 0 aliphatic rings. The van der Waals surface area contributed by atoms with Gasteiger partial charge in [-0.15, -0.1) is 0 Å². The highest BCUT2D eigenvalue weighted by molar-refractivity contribution is 5.96. The normalized spacial score (nSPS) is 10.3. The molecule has 0 bridgehead atoms. The molecule has 1 aromatic heterocycles. The van der Waals surface area contributed by atoms with Gasteiger partial charge in [-0.05, 0) is 23.8 Å². The first-order valence-corrected chi connectivity index (χ1v) is 5.58. The Morgan fingerprint density at radius 1 is 1.26 bits per heavy atom. The lowest BCUT2D eigenvalue weighted by Crippen LogP contribution is -2.10. The Balaban J connectivity index is 2.27. The summed E-state index contributed by atoms with van der Waals surface area (Å²) in [7, 11) is 1.34. The first-order valence-electron chi connectivity index (χ1n) is 5.58. The number of ether oxygens (including phenoxy) is 1. The van der Waals surface area contributed by atoms with Gasteiger partial charge in [-0.25, -0.2) is 8.78 Å². The predicted octanol–water partition coefficient (Wildman–Crippen LogP) is 2.79. The van der Waals surface area contributed by atoms with Crippen LogP contribution in [-0.4, -0.2) is 17.9 Å². The van der Waals surface area contributed by atoms with Crippen LogP contribution in [-0.2, 0) is 6.42 Å². The number of methoxy groups -OCH3 is 1. The molecule has 0 fully saturated rings. The third-order valence-corrected chi connectivity index (χ3v) is 2.64. The average molecular weight is 263 g/mol. The van der Waals surface area contributed by atoms with Crippen molar-refractivity contribution >= 4 is 5.78 Å². The minimum Gasteiger partial charge on any atom is -0.494 e. The summed E-state index contributed by atoms with van der Waals surface area (Å²) in [5, 5.41) is 0. The van der Waals surface area contributed by atoms with Gasteiger partial charge in [-0.2, -0.15) is 0 Å². The Morgan fingerprint density at radius 3 is 2.74 bits per heavy atom. The summed E-state index contributed by atoms with van der Waals surface area (Å²) in [6, 6.07) is 7.00. The summed E-state index contributed by atoms with van der Waals surface area (Å²) < 4.78 is 32.1. The van der Waals surface area contributed by atoms with Gasteiger partial charge in [0.25, 0.3) is 0 Å². The van der Waals surface area contributed by atoms with Crippen LogP contribution < -0.4 is 4.74 Å². The molecule has 0 N–H and O–H groups in total. The van der Waals surface area contributed by atoms with Gasteiger partial charge in [0.15, 0.2) is 23.2 Å². The van der Waals surface area contributed by atoms with Crippen LogP contribution in [0.15, 0.2) is 36.5 Å². The number of carbonyl (C=O) groups excluding carboxylic acids is 1. The Hall–Kier alpha value is -2.30. The van der Waals surface area contributed by atoms with E-state index < -0.39 is 17.4 Å². The van der Waals surface area contributed by atoms with E-state index in [4.69, 9.17) is 4.74 Å². The average Bonchev–Trinajstić information content (AvgIpc) is 2.41. The highest BCUT2D eigenvalue weighted by Gasteiger charge is 2.17. The molecule has 1 heterocycles. The second-order valence-electron chi connectivity index (χ2n) is 3.87. The first-order chi connectivity index (χ1) is 9.13. The summed E-state index contributed by atoms with van der Waals surface area (Å²) in [4.78, 5) is 15.5. The molecule has 0 amide bonds. The second-order valence-corrected chi connectivity index (χ2v) is 3.87. The van der Waals surface area contributed by atoms with E-state index in [-0.39, 0.29) is 23.4 Å². The van der Waals surface area contributed by atoms with Crippen molar-refractivity contribution < 1.29 is 18.3 Å². The third kappa shape index (κ3) is 2.76. The van der Waals surface area contributed by atoms with Crippen LogP contribution in [0.4, 0.5) is 8.78 Å². The molecular weight excluding hydrogens is 252 g/mol. The number of hydrogen-bond acceptors (Lipinski definition) is 3. The SMILES string of the molecule is COc1cccc(CC(=O)c2ncccc2F)c1F. The van der Waals surface area contributed by atoms with Gasteiger partial charge in [-0.3, -0.25) is 9.78 Å². The molecule has 0 aliphatic heterocycles. The molecule has 2 aromatic rings. The van der Waals surface area contributed by atoms with E-state index in [0.717, 1.165) is 6.07 Å². The van der Waals surface area contributed by atoms with Crippen molar-refractivity contribution in [2.75, 3.05) is 7.11 Å². The van der Waals surface area contributed by atoms with Gasteiger partial charge in [0.1, 0.15) is 5.69 Å². The Morgan fingerprint density at radius 2 is 2.05 bits per heavy atom. The van der Waals surface area contributed by atoms with E-state index in [0.29, 0.717) is 0 Å². The van der Waals surface area contributed by atoms with Crippen LogP contribution in [0.2, 0.25) is 0 Å². The maximum Gasteiger partial charge on any atom is 0.188 e. The topological polar surface area (TPSA) is 39.2 Å². The molecule has 19 heavy (non-hydrogen) atoms. The number of carbonyl (C=O) groups is 1. The highest BCUT2D eigenvalue weighted by atomic mass is 19.1. The fourth-order valence-corrected chi connectivity index (χ4v) is 1.70. The number of hydrogen-bond donors (Lipinski definition) is 0. The zero-order chi connectivity index (χ0) is 13.8. The van der Waals surface area contributed by atoms with Gasteiger partial charge in [0.05, 0.1) is 7.11 Å². The van der Waals surface area contributed by atoms with Crippen LogP contribution in [0.1, 0.15) is 16.1 Å². The zero-order valence-electron chi connectivity index (χ0n) is 10.2. The van der Waals surface area contributed by atoms with Crippen molar-refractivity contribution in [2.24, 2.45) is 0 Å². The van der Waals surface area contributed by atoms with Crippen molar-refractivity contribution in [3.63, 3.8) is 0 Å². The number of aromatic nitrogens is 1. The molecule has 2 rings (SSSR count). The molecule has 0 aliphatic carbocycles. The molecule has 0 radical (unpaired) electrons. The third-order valence-electron chi connectivity index (χ3n) is 2.64. The van der Waals surface area contributed by atoms with E-state index in [2.05, 4.69) is 4.98 Å². The maximum absolute atomic E-state index is 13.9. The standard InChI is InChI=1S/C14H11F2NO2/c1-19-12-6-2-4-9(13(12)16)8-11(18)14-10(15)5-3-7-17-14/h2-7H,8H2,1H3. The Labute approximate surface area is 108 Å². The van der Waals surface area contributed by atoms with Gasteiger partial charge < -0.3 is 4.74 Å². The minimum absolute atomic E-state index is 0.0480. The molecule has 0 saturated carbocycles. The van der Waals surface area contributed by atoms with Crippen LogP contribution >= 0.6 is 0 Å². The zero-order valence-corrected chi connectivity index (χ0v) is 10.2. The number of ketones is 1. The predicted molar refractivity (Wildman–Crippen MR) is 65.2 cm³/mol. The van der Waals surface area contributed by atoms with E-state index in [1.54, 1.807) is 6.07 Å². The van der Waals surface area contributed by atoms with Gasteiger partial charge >= 0.3 is 0 Å². The number of rotatable bonds is 4. The van der Waals surface area contributed by atoms with Gasteiger partial charge in [-0.1, -0.05) is 12.1 Å². The van der Waals surface area contributed by atoms with Crippen molar-refractivity contribution in [1.29, 1.82) is 0 Å². The fraction of sp³-hybridized carbons (Fsp3) is 0.143. The summed E-state index contributed by atoms with van der Waals surface area (Å²) in [5.41, 5.74) is -0.140. The van der Waals surface area contributed by atoms with Gasteiger partial charge in [0, 0.05) is 12.6 Å². The van der Waals surface area contributed by atoms with E-state index in [9.17, 15) is 13.6 Å². The fourth-order valence-electron chi connectivity index (χ4n) is 1.70. The molecule has 0 unspecified atom stereocenters. The lowest BCUT2D eigenvalue weighted by atomic mass is 10.1. The minimum atomic E-state index is -0.712. The molecule has 3 nitrogen and oxygen atoms in total. The summed E-state index contributed by atoms with van der Waals surface area (Å²) in [5.74, 6) is -1.86. The van der Waals surface area contributed by atoms with Crippen molar-refractivity contribution in [3.8, 4) is 5.75 Å². The molecule has 0 spiro atoms. The number of pyridine rings is 1. The number of nitrogens with zero attached hydrogens (tertiary/aromatic N) is 1. The smallest absolute Gasteiger partial charge is 0.188 e. The molecule has 1 aromatic carbocycles. The lowest BCUT2D eigenvalue weighted by molar-refractivity contribution is 0.0982. The van der Waals surface area contributed by atoms with Crippen LogP contribution in [0.5, 0.6) is 5.75 Å². The highest BCUT2D eigenvalue weighted by Crippen LogP contribution is 2.21. The molecule has 0 saturated heterocycles. The van der Waals surface area contributed by atoms with Crippen LogP contribution in [0.25, 0.3) is 0 Å². The summed E-state index contributed by atoms with van der Waals surface area (Å²) in [6.07, 6.45) is 1.05. The van der Waals surface area contributed by atoms with E-state index in [1.807, 2.05) is 0 Å².